The highest BCUT2D eigenvalue weighted by Crippen LogP contribution is 2.37. The Balaban J connectivity index is 1.99. The van der Waals surface area contributed by atoms with Crippen molar-refractivity contribution in [3.63, 3.8) is 0 Å². The zero-order valence-electron chi connectivity index (χ0n) is 11.0. The topological polar surface area (TPSA) is 65.4 Å². The maximum absolute atomic E-state index is 14.1. The monoisotopic (exact) mass is 358 g/mol. The highest BCUT2D eigenvalue weighted by atomic mass is 79.9. The molecule has 1 aromatic heterocycles. The van der Waals surface area contributed by atoms with E-state index in [2.05, 4.69) is 25.9 Å². The number of halogens is 2. The molecule has 4 nitrogen and oxygen atoms in total. The Kier molecular flexibility index (Phi) is 2.71. The second-order valence-electron chi connectivity index (χ2n) is 4.94. The molecule has 1 aliphatic rings. The molecule has 0 bridgehead atoms. The van der Waals surface area contributed by atoms with Crippen molar-refractivity contribution in [3.05, 3.63) is 57.8 Å². The van der Waals surface area contributed by atoms with E-state index in [1.807, 2.05) is 0 Å². The molecule has 22 heavy (non-hydrogen) atoms. The number of aromatic hydroxyl groups is 1. The van der Waals surface area contributed by atoms with E-state index in [4.69, 9.17) is 0 Å². The number of hydrogen-bond acceptors (Lipinski definition) is 3. The van der Waals surface area contributed by atoms with Gasteiger partial charge >= 0.3 is 0 Å². The number of aromatic nitrogens is 1. The van der Waals surface area contributed by atoms with E-state index >= 15 is 0 Å². The first-order valence-corrected chi connectivity index (χ1v) is 7.28. The lowest BCUT2D eigenvalue weighted by atomic mass is 10.0. The van der Waals surface area contributed by atoms with Gasteiger partial charge in [0.15, 0.2) is 11.7 Å². The third kappa shape index (κ3) is 1.67. The molecule has 6 heteroatoms. The molecule has 0 radical (unpaired) electrons. The van der Waals surface area contributed by atoms with Crippen molar-refractivity contribution in [2.24, 2.45) is 4.99 Å². The van der Waals surface area contributed by atoms with Gasteiger partial charge in [0.1, 0.15) is 5.71 Å². The molecule has 2 N–H and O–H groups in total. The fourth-order valence-corrected chi connectivity index (χ4v) is 2.99. The first kappa shape index (κ1) is 13.2. The zero-order valence-corrected chi connectivity index (χ0v) is 12.6. The van der Waals surface area contributed by atoms with Crippen molar-refractivity contribution in [2.45, 2.75) is 0 Å². The van der Waals surface area contributed by atoms with Crippen molar-refractivity contribution in [3.8, 4) is 5.88 Å². The number of nitrogens with one attached hydrogen (secondary N) is 1. The quantitative estimate of drug-likeness (QED) is 0.687. The highest BCUT2D eigenvalue weighted by Gasteiger charge is 2.30. The van der Waals surface area contributed by atoms with Crippen LogP contribution in [0.15, 0.2) is 45.9 Å². The zero-order chi connectivity index (χ0) is 15.4. The summed E-state index contributed by atoms with van der Waals surface area (Å²) in [7, 11) is 0. The Labute approximate surface area is 132 Å². The van der Waals surface area contributed by atoms with Gasteiger partial charge in [-0.05, 0) is 34.1 Å². The maximum Gasteiger partial charge on any atom is 0.214 e. The fraction of sp³-hybridized carbons (Fsp3) is 0. The van der Waals surface area contributed by atoms with Crippen LogP contribution in [0.25, 0.3) is 10.9 Å². The molecule has 0 saturated heterocycles. The minimum atomic E-state index is -0.525. The number of aromatic amines is 1. The van der Waals surface area contributed by atoms with Crippen molar-refractivity contribution in [2.75, 3.05) is 0 Å². The Hall–Kier alpha value is -2.47. The number of rotatable bonds is 1. The van der Waals surface area contributed by atoms with Gasteiger partial charge in [-0.2, -0.15) is 0 Å². The molecular formula is C16H8BrFN2O2. The summed E-state index contributed by atoms with van der Waals surface area (Å²) in [5.41, 5.74) is 1.50. The van der Waals surface area contributed by atoms with Crippen LogP contribution in [0.5, 0.6) is 5.88 Å². The Morgan fingerprint density at radius 1 is 1.18 bits per heavy atom. The van der Waals surface area contributed by atoms with E-state index in [1.165, 1.54) is 6.07 Å². The summed E-state index contributed by atoms with van der Waals surface area (Å²) in [4.78, 5) is 19.4. The molecular weight excluding hydrogens is 351 g/mol. The van der Waals surface area contributed by atoms with E-state index in [-0.39, 0.29) is 32.9 Å². The molecule has 0 amide bonds. The summed E-state index contributed by atoms with van der Waals surface area (Å²) < 4.78 is 14.4. The smallest absolute Gasteiger partial charge is 0.214 e. The van der Waals surface area contributed by atoms with E-state index < -0.39 is 5.82 Å². The Bertz CT molecular complexity index is 991. The number of benzene rings is 2. The van der Waals surface area contributed by atoms with E-state index in [9.17, 15) is 14.3 Å². The van der Waals surface area contributed by atoms with Gasteiger partial charge in [-0.15, -0.1) is 0 Å². The molecule has 2 aromatic carbocycles. The van der Waals surface area contributed by atoms with Crippen LogP contribution in [-0.4, -0.2) is 21.6 Å². The standard InChI is InChI=1S/C16H8BrFN2O2/c17-9-6-5-8-11(16(22)20-13(8)12(9)18)14-15(21)7-3-1-2-4-10(7)19-14/h1-6,20,22H. The minimum Gasteiger partial charge on any atom is -0.494 e. The van der Waals surface area contributed by atoms with E-state index in [0.717, 1.165) is 0 Å². The van der Waals surface area contributed by atoms with Crippen molar-refractivity contribution < 1.29 is 14.3 Å². The number of H-pyrrole nitrogens is 1. The van der Waals surface area contributed by atoms with E-state index in [1.54, 1.807) is 30.3 Å². The second-order valence-corrected chi connectivity index (χ2v) is 5.79. The maximum atomic E-state index is 14.1. The Morgan fingerprint density at radius 3 is 2.73 bits per heavy atom. The summed E-state index contributed by atoms with van der Waals surface area (Å²) in [6.07, 6.45) is 0. The molecule has 0 saturated carbocycles. The molecule has 0 unspecified atom stereocenters. The summed E-state index contributed by atoms with van der Waals surface area (Å²) in [5.74, 6) is -1.08. The van der Waals surface area contributed by atoms with Crippen molar-refractivity contribution in [1.29, 1.82) is 0 Å². The molecule has 0 fully saturated rings. The van der Waals surface area contributed by atoms with Crippen LogP contribution >= 0.6 is 15.9 Å². The van der Waals surface area contributed by atoms with Crippen molar-refractivity contribution >= 4 is 44.0 Å². The number of nitrogens with zero attached hydrogens (tertiary/aromatic N) is 1. The summed E-state index contributed by atoms with van der Waals surface area (Å²) in [6.45, 7) is 0. The normalized spacial score (nSPS) is 13.5. The van der Waals surface area contributed by atoms with Gasteiger partial charge in [-0.1, -0.05) is 18.2 Å². The number of carbonyl (C=O) groups excluding carboxylic acids is 1. The number of ketones is 1. The predicted molar refractivity (Wildman–Crippen MR) is 84.6 cm³/mol. The highest BCUT2D eigenvalue weighted by molar-refractivity contribution is 9.10. The van der Waals surface area contributed by atoms with Crippen LogP contribution in [0.4, 0.5) is 10.1 Å². The van der Waals surface area contributed by atoms with Crippen LogP contribution in [0.1, 0.15) is 15.9 Å². The molecule has 108 valence electrons. The summed E-state index contributed by atoms with van der Waals surface area (Å²) in [6, 6.07) is 10.1. The van der Waals surface area contributed by atoms with Crippen molar-refractivity contribution in [1.82, 2.24) is 4.98 Å². The number of Topliss-reactive ketones (excluding diaryl/α,β-unsaturated/α-hetero) is 1. The van der Waals surface area contributed by atoms with Gasteiger partial charge < -0.3 is 10.1 Å². The average molecular weight is 359 g/mol. The predicted octanol–water partition coefficient (Wildman–Crippen LogP) is 4.09. The number of hydrogen-bond donors (Lipinski definition) is 2. The van der Waals surface area contributed by atoms with Crippen LogP contribution in [0.2, 0.25) is 0 Å². The molecule has 0 aliphatic carbocycles. The summed E-state index contributed by atoms with van der Waals surface area (Å²) in [5, 5.41) is 10.6. The fourth-order valence-electron chi connectivity index (χ4n) is 2.66. The van der Waals surface area contributed by atoms with Crippen LogP contribution in [0, 0.1) is 5.82 Å². The van der Waals surface area contributed by atoms with E-state index in [0.29, 0.717) is 16.6 Å². The lowest BCUT2D eigenvalue weighted by Crippen LogP contribution is -2.10. The third-order valence-corrected chi connectivity index (χ3v) is 4.29. The number of carbonyl (C=O) groups is 1. The van der Waals surface area contributed by atoms with Gasteiger partial charge in [0, 0.05) is 10.9 Å². The Morgan fingerprint density at radius 2 is 1.95 bits per heavy atom. The molecule has 4 rings (SSSR count). The first-order chi connectivity index (χ1) is 10.6. The number of fused-ring (bicyclic) bond motifs is 2. The minimum absolute atomic E-state index is 0.117. The lowest BCUT2D eigenvalue weighted by Gasteiger charge is -2.00. The molecule has 0 spiro atoms. The van der Waals surface area contributed by atoms with Gasteiger partial charge in [0.05, 0.1) is 21.2 Å². The molecule has 2 heterocycles. The third-order valence-electron chi connectivity index (χ3n) is 3.68. The van der Waals surface area contributed by atoms with Gasteiger partial charge in [-0.25, -0.2) is 9.38 Å². The van der Waals surface area contributed by atoms with Gasteiger partial charge in [0.2, 0.25) is 5.78 Å². The van der Waals surface area contributed by atoms with Crippen LogP contribution in [0.3, 0.4) is 0 Å². The second kappa shape index (κ2) is 4.51. The summed E-state index contributed by atoms with van der Waals surface area (Å²) >= 11 is 3.09. The van der Waals surface area contributed by atoms with Gasteiger partial charge in [-0.3, -0.25) is 4.79 Å². The SMILES string of the molecule is O=C1C(c2c(O)[nH]c3c(F)c(Br)ccc23)=Nc2ccccc21. The number of para-hydroxylation sites is 1. The molecule has 1 aliphatic heterocycles. The lowest BCUT2D eigenvalue weighted by molar-refractivity contribution is 0.107. The largest absolute Gasteiger partial charge is 0.494 e. The van der Waals surface area contributed by atoms with Gasteiger partial charge in [0.25, 0.3) is 0 Å². The molecule has 3 aromatic rings. The van der Waals surface area contributed by atoms with Crippen LogP contribution < -0.4 is 0 Å². The number of aliphatic imine (C=N–C) groups is 1. The first-order valence-electron chi connectivity index (χ1n) is 6.49. The molecule has 0 atom stereocenters. The van der Waals surface area contributed by atoms with Crippen LogP contribution in [-0.2, 0) is 0 Å². The average Bonchev–Trinajstić information content (AvgIpc) is 3.01.